The maximum Gasteiger partial charge on any atom is 3.00 e. The van der Waals surface area contributed by atoms with Crippen LogP contribution in [0.5, 0.6) is 0 Å². The van der Waals surface area contributed by atoms with Crippen LogP contribution in [0, 0.1) is 0 Å². The monoisotopic (exact) mass is 393 g/mol. The van der Waals surface area contributed by atoms with E-state index >= 15 is 0 Å². The van der Waals surface area contributed by atoms with Crippen molar-refractivity contribution in [2.45, 2.75) is 26.2 Å². The fourth-order valence-corrected chi connectivity index (χ4v) is 1.07. The molecule has 0 heterocycles. The van der Waals surface area contributed by atoms with Crippen molar-refractivity contribution in [2.75, 3.05) is 0 Å². The Labute approximate surface area is 148 Å². The normalized spacial score (nSPS) is 7.11. The zero-order valence-electron chi connectivity index (χ0n) is 11.5. The largest absolute Gasteiger partial charge is 3.00 e. The molecule has 0 aliphatic carbocycles. The van der Waals surface area contributed by atoms with Crippen molar-refractivity contribution in [3.63, 3.8) is 0 Å². The number of fused-ring (bicyclic) bond motifs is 1. The molecule has 0 spiro atoms. The molecule has 3 radical (unpaired) electrons. The van der Waals surface area contributed by atoms with Gasteiger partial charge >= 0.3 is 26.2 Å². The maximum absolute atomic E-state index is 2.21. The van der Waals surface area contributed by atoms with Crippen molar-refractivity contribution in [3.05, 3.63) is 42.5 Å². The van der Waals surface area contributed by atoms with E-state index in [0.717, 1.165) is 19.0 Å². The fraction of sp³-hybridized carbons (Fsp3) is 0.308. The minimum atomic E-state index is 0. The summed E-state index contributed by atoms with van der Waals surface area (Å²) in [6, 6.07) is 14.7. The number of rotatable bonds is 0. The average molecular weight is 396 g/mol. The van der Waals surface area contributed by atoms with Crippen LogP contribution in [0.2, 0.25) is 26.2 Å². The van der Waals surface area contributed by atoms with Crippen LogP contribution in [0.4, 0.5) is 0 Å². The van der Waals surface area contributed by atoms with Crippen molar-refractivity contribution in [3.8, 4) is 0 Å². The molecule has 0 saturated heterocycles. The molecule has 0 aliphatic heterocycles. The van der Waals surface area contributed by atoms with Gasteiger partial charge in [0, 0.05) is 19.0 Å². The quantitative estimate of drug-likeness (QED) is 0.345. The molecule has 5 heteroatoms. The SMILES string of the molecule is C[SiH]C.C[SiH]C.[Cl-].[Cl-].[Zr+3].c1ccc2[cH-]ccc2c1. The van der Waals surface area contributed by atoms with E-state index in [2.05, 4.69) is 68.7 Å². The van der Waals surface area contributed by atoms with Gasteiger partial charge in [0.05, 0.1) is 0 Å². The molecule has 0 amide bonds. The summed E-state index contributed by atoms with van der Waals surface area (Å²) in [4.78, 5) is 0. The second-order valence-corrected chi connectivity index (χ2v) is 5.62. The summed E-state index contributed by atoms with van der Waals surface area (Å²) in [7, 11) is 1.50. The predicted octanol–water partition coefficient (Wildman–Crippen LogP) is -2.40. The Hall–Kier alpha value is 0.727. The summed E-state index contributed by atoms with van der Waals surface area (Å²) < 4.78 is 0. The van der Waals surface area contributed by atoms with Crippen molar-refractivity contribution >= 4 is 29.8 Å². The molecular weight excluding hydrogens is 374 g/mol. The Morgan fingerprint density at radius 1 is 0.833 bits per heavy atom. The van der Waals surface area contributed by atoms with E-state index in [1.807, 2.05) is 0 Å². The van der Waals surface area contributed by atoms with Crippen molar-refractivity contribution in [1.82, 2.24) is 0 Å². The van der Waals surface area contributed by atoms with Crippen LogP contribution in [-0.4, -0.2) is 19.0 Å². The molecule has 2 aromatic rings. The van der Waals surface area contributed by atoms with Crippen molar-refractivity contribution < 1.29 is 51.0 Å². The molecule has 18 heavy (non-hydrogen) atoms. The summed E-state index contributed by atoms with van der Waals surface area (Å²) in [5.74, 6) is 0. The zero-order valence-corrected chi connectivity index (χ0v) is 17.7. The second kappa shape index (κ2) is 20.1. The molecule has 0 nitrogen and oxygen atoms in total. The fourth-order valence-electron chi connectivity index (χ4n) is 1.07. The van der Waals surface area contributed by atoms with Crippen molar-refractivity contribution in [2.24, 2.45) is 0 Å². The van der Waals surface area contributed by atoms with Crippen LogP contribution in [-0.2, 0) is 26.2 Å². The summed E-state index contributed by atoms with van der Waals surface area (Å²) in [5.41, 5.74) is 0. The molecule has 0 fully saturated rings. The van der Waals surface area contributed by atoms with Gasteiger partial charge < -0.3 is 24.8 Å². The smallest absolute Gasteiger partial charge is 1.00 e. The van der Waals surface area contributed by atoms with Gasteiger partial charge in [-0.15, -0.1) is 29.7 Å². The molecule has 2 rings (SSSR count). The minimum absolute atomic E-state index is 0. The summed E-state index contributed by atoms with van der Waals surface area (Å²) in [6.45, 7) is 8.83. The molecule has 0 aliphatic rings. The first-order chi connectivity index (χ1) is 7.29. The maximum atomic E-state index is 2.21. The average Bonchev–Trinajstić information content (AvgIpc) is 2.67. The van der Waals surface area contributed by atoms with Gasteiger partial charge in [-0.3, -0.25) is 0 Å². The first-order valence-corrected chi connectivity index (χ1v) is 10.00. The number of hydrogen-bond donors (Lipinski definition) is 0. The van der Waals surface area contributed by atoms with Gasteiger partial charge in [-0.2, -0.15) is 17.5 Å². The van der Waals surface area contributed by atoms with Gasteiger partial charge in [-0.25, -0.2) is 0 Å². The van der Waals surface area contributed by atoms with E-state index in [1.165, 1.54) is 10.8 Å². The summed E-state index contributed by atoms with van der Waals surface area (Å²) in [5, 5.41) is 2.66. The summed E-state index contributed by atoms with van der Waals surface area (Å²) in [6.07, 6.45) is 0. The molecule has 0 N–H and O–H groups in total. The molecule has 0 bridgehead atoms. The molecule has 0 unspecified atom stereocenters. The first-order valence-electron chi connectivity index (χ1n) is 5.38. The van der Waals surface area contributed by atoms with Crippen LogP contribution in [0.3, 0.4) is 0 Å². The third-order valence-electron chi connectivity index (χ3n) is 1.55. The van der Waals surface area contributed by atoms with E-state index in [-0.39, 0.29) is 51.0 Å². The first kappa shape index (κ1) is 27.1. The minimum Gasteiger partial charge on any atom is -1.00 e. The van der Waals surface area contributed by atoms with E-state index in [0.29, 0.717) is 0 Å². The zero-order chi connectivity index (χ0) is 11.5. The van der Waals surface area contributed by atoms with E-state index in [4.69, 9.17) is 0 Å². The molecule has 0 aromatic heterocycles. The van der Waals surface area contributed by atoms with Crippen LogP contribution in [0.1, 0.15) is 0 Å². The topological polar surface area (TPSA) is 0 Å². The van der Waals surface area contributed by atoms with E-state index < -0.39 is 0 Å². The second-order valence-electron chi connectivity index (χ2n) is 3.31. The molecule has 2 aromatic carbocycles. The number of hydrogen-bond acceptors (Lipinski definition) is 0. The molecule has 0 saturated carbocycles. The van der Waals surface area contributed by atoms with Crippen LogP contribution in [0.25, 0.3) is 10.8 Å². The molecule has 99 valence electrons. The van der Waals surface area contributed by atoms with Gasteiger partial charge in [-0.05, 0) is 0 Å². The van der Waals surface area contributed by atoms with E-state index in [9.17, 15) is 0 Å². The molecular formula is C13H21Cl2Si2Zr. The Morgan fingerprint density at radius 2 is 1.28 bits per heavy atom. The third-order valence-corrected chi connectivity index (χ3v) is 1.55. The predicted molar refractivity (Wildman–Crippen MR) is 77.3 cm³/mol. The number of benzene rings is 1. The number of halogens is 2. The van der Waals surface area contributed by atoms with Crippen LogP contribution < -0.4 is 24.8 Å². The Morgan fingerprint density at radius 3 is 1.72 bits per heavy atom. The van der Waals surface area contributed by atoms with Gasteiger partial charge in [0.15, 0.2) is 0 Å². The third kappa shape index (κ3) is 13.2. The molecule has 0 atom stereocenters. The van der Waals surface area contributed by atoms with Gasteiger partial charge in [0.1, 0.15) is 0 Å². The Balaban J connectivity index is -0.0000000964. The van der Waals surface area contributed by atoms with E-state index in [1.54, 1.807) is 0 Å². The van der Waals surface area contributed by atoms with Crippen molar-refractivity contribution in [1.29, 1.82) is 0 Å². The Bertz CT molecular complexity index is 321. The van der Waals surface area contributed by atoms with Gasteiger partial charge in [0.2, 0.25) is 0 Å². The van der Waals surface area contributed by atoms with Crippen LogP contribution in [0.15, 0.2) is 42.5 Å². The van der Waals surface area contributed by atoms with Gasteiger partial charge in [-0.1, -0.05) is 32.3 Å². The standard InChI is InChI=1S/C9H7.2C2H7Si.2ClH.Zr/c1-2-5-9-7-3-6-8(9)4-1;2*1-3-2;;;/h1-7H;2*3H,1-2H3;2*1H;/q-1;;;;;+3/p-2. The Kier molecular flexibility index (Phi) is 30.2. The summed E-state index contributed by atoms with van der Waals surface area (Å²) >= 11 is 0. The van der Waals surface area contributed by atoms with Gasteiger partial charge in [0.25, 0.3) is 0 Å². The van der Waals surface area contributed by atoms with Crippen LogP contribution >= 0.6 is 0 Å².